The van der Waals surface area contributed by atoms with Crippen molar-refractivity contribution >= 4 is 18.0 Å². The zero-order chi connectivity index (χ0) is 43.2. The minimum Gasteiger partial charge on any atom is -0.493 e. The summed E-state index contributed by atoms with van der Waals surface area (Å²) in [6.07, 6.45) is 52.8. The van der Waals surface area contributed by atoms with Gasteiger partial charge in [-0.25, -0.2) is 0 Å². The first-order valence-corrected chi connectivity index (χ1v) is 24.5. The van der Waals surface area contributed by atoms with Crippen LogP contribution in [0.4, 0.5) is 0 Å². The summed E-state index contributed by atoms with van der Waals surface area (Å²) in [5.41, 5.74) is 0.919. The summed E-state index contributed by atoms with van der Waals surface area (Å²) in [6, 6.07) is 5.76. The van der Waals surface area contributed by atoms with Gasteiger partial charge in [0.1, 0.15) is 11.5 Å². The third-order valence-corrected chi connectivity index (χ3v) is 10.4. The van der Waals surface area contributed by atoms with Crippen LogP contribution in [0.5, 0.6) is 11.5 Å². The Bertz CT molecular complexity index is 1190. The summed E-state index contributed by atoms with van der Waals surface area (Å²) in [5.74, 6) is 1.19. The lowest BCUT2D eigenvalue weighted by Crippen LogP contribution is -2.07. The smallest absolute Gasteiger partial charge is 0.305 e. The molecule has 61 heavy (non-hydrogen) atoms. The van der Waals surface area contributed by atoms with E-state index in [9.17, 15) is 9.59 Å². The number of hydrogen-bond donors (Lipinski definition) is 0. The molecule has 348 valence electrons. The number of ether oxygens (including phenoxy) is 4. The van der Waals surface area contributed by atoms with Crippen LogP contribution >= 0.6 is 0 Å². The van der Waals surface area contributed by atoms with Gasteiger partial charge in [0, 0.05) is 18.9 Å². The summed E-state index contributed by atoms with van der Waals surface area (Å²) >= 11 is 0. The van der Waals surface area contributed by atoms with Crippen LogP contribution in [-0.4, -0.2) is 38.4 Å². The Hall–Kier alpha value is -3.54. The molecule has 0 fully saturated rings. The number of unbranched alkanes of at least 4 members (excludes halogenated alkanes) is 20. The van der Waals surface area contributed by atoms with Gasteiger partial charge in [0.25, 0.3) is 0 Å². The molecule has 6 nitrogen and oxygen atoms in total. The molecule has 0 aliphatic heterocycles. The highest BCUT2D eigenvalue weighted by molar-refractivity contribution is 5.69. The summed E-state index contributed by atoms with van der Waals surface area (Å²) in [7, 11) is 0. The second-order valence-corrected chi connectivity index (χ2v) is 16.2. The van der Waals surface area contributed by atoms with Gasteiger partial charge in [-0.15, -0.1) is 0 Å². The van der Waals surface area contributed by atoms with E-state index in [0.29, 0.717) is 39.3 Å². The number of esters is 2. The summed E-state index contributed by atoms with van der Waals surface area (Å²) in [6.45, 7) is 10.4. The van der Waals surface area contributed by atoms with Crippen LogP contribution in [0.3, 0.4) is 0 Å². The van der Waals surface area contributed by atoms with E-state index in [4.69, 9.17) is 18.9 Å². The van der Waals surface area contributed by atoms with Crippen molar-refractivity contribution in [2.24, 2.45) is 0 Å². The maximum absolute atomic E-state index is 12.2. The monoisotopic (exact) mass is 849 g/mol. The van der Waals surface area contributed by atoms with Gasteiger partial charge in [-0.2, -0.15) is 0 Å². The Morgan fingerprint density at radius 1 is 0.443 bits per heavy atom. The Morgan fingerprint density at radius 3 is 1.16 bits per heavy atom. The van der Waals surface area contributed by atoms with Crippen molar-refractivity contribution in [2.45, 2.75) is 214 Å². The number of carbonyl (C=O) groups is 2. The molecule has 0 atom stereocenters. The highest BCUT2D eigenvalue weighted by atomic mass is 16.5. The Morgan fingerprint density at radius 2 is 0.787 bits per heavy atom. The summed E-state index contributed by atoms with van der Waals surface area (Å²) in [5, 5.41) is 0. The molecular formula is C55H92O6. The largest absolute Gasteiger partial charge is 0.493 e. The van der Waals surface area contributed by atoms with E-state index in [1.165, 1.54) is 116 Å². The second kappa shape index (κ2) is 46.0. The van der Waals surface area contributed by atoms with Crippen LogP contribution in [0.15, 0.2) is 73.4 Å². The van der Waals surface area contributed by atoms with Gasteiger partial charge in [-0.3, -0.25) is 9.59 Å². The zero-order valence-corrected chi connectivity index (χ0v) is 38.6. The van der Waals surface area contributed by atoms with E-state index in [0.717, 1.165) is 81.3 Å². The van der Waals surface area contributed by atoms with Gasteiger partial charge in [-0.05, 0) is 120 Å². The quantitative estimate of drug-likeness (QED) is 0.0370. The van der Waals surface area contributed by atoms with Gasteiger partial charge in [0.2, 0.25) is 0 Å². The van der Waals surface area contributed by atoms with E-state index < -0.39 is 0 Å². The molecule has 0 heterocycles. The van der Waals surface area contributed by atoms with Crippen molar-refractivity contribution in [3.63, 3.8) is 0 Å². The molecule has 0 aliphatic rings. The molecule has 0 bridgehead atoms. The molecule has 0 aromatic heterocycles. The van der Waals surface area contributed by atoms with E-state index in [-0.39, 0.29) is 19.4 Å². The van der Waals surface area contributed by atoms with Crippen LogP contribution in [0, 0.1) is 0 Å². The van der Waals surface area contributed by atoms with Crippen molar-refractivity contribution in [1.82, 2.24) is 0 Å². The fraction of sp³-hybridized carbons (Fsp3) is 0.673. The maximum Gasteiger partial charge on any atom is 0.305 e. The van der Waals surface area contributed by atoms with Crippen molar-refractivity contribution in [3.05, 3.63) is 78.9 Å². The van der Waals surface area contributed by atoms with Crippen LogP contribution in [0.2, 0.25) is 0 Å². The van der Waals surface area contributed by atoms with Crippen molar-refractivity contribution in [1.29, 1.82) is 0 Å². The van der Waals surface area contributed by atoms with Gasteiger partial charge >= 0.3 is 11.9 Å². The molecule has 0 amide bonds. The van der Waals surface area contributed by atoms with Crippen molar-refractivity contribution in [3.8, 4) is 11.5 Å². The fourth-order valence-electron chi connectivity index (χ4n) is 6.70. The van der Waals surface area contributed by atoms with E-state index >= 15 is 0 Å². The molecule has 0 radical (unpaired) electrons. The molecule has 0 aliphatic carbocycles. The first-order valence-electron chi connectivity index (χ1n) is 24.5. The normalized spacial score (nSPS) is 11.5. The van der Waals surface area contributed by atoms with Crippen LogP contribution in [0.25, 0.3) is 6.08 Å². The highest BCUT2D eigenvalue weighted by Crippen LogP contribution is 2.24. The molecule has 0 saturated heterocycles. The van der Waals surface area contributed by atoms with E-state index in [1.807, 2.05) is 18.2 Å². The third-order valence-electron chi connectivity index (χ3n) is 10.4. The number of hydrogen-bond acceptors (Lipinski definition) is 6. The number of allylic oxidation sites excluding steroid dienone is 8. The van der Waals surface area contributed by atoms with Crippen LogP contribution in [0.1, 0.15) is 219 Å². The van der Waals surface area contributed by atoms with Gasteiger partial charge in [0.15, 0.2) is 0 Å². The third kappa shape index (κ3) is 40.3. The fourth-order valence-corrected chi connectivity index (χ4v) is 6.70. The Balaban J connectivity index is 0.0000360. The average molecular weight is 849 g/mol. The van der Waals surface area contributed by atoms with Gasteiger partial charge in [0.05, 0.1) is 26.4 Å². The molecule has 6 heteroatoms. The van der Waals surface area contributed by atoms with Gasteiger partial charge < -0.3 is 18.9 Å². The maximum atomic E-state index is 12.2. The molecule has 1 rings (SSSR count). The Kier molecular flexibility index (Phi) is 43.3. The molecule has 0 N–H and O–H groups in total. The van der Waals surface area contributed by atoms with Crippen molar-refractivity contribution < 1.29 is 28.5 Å². The molecule has 0 saturated carbocycles. The average Bonchev–Trinajstić information content (AvgIpc) is 3.25. The van der Waals surface area contributed by atoms with Crippen LogP contribution < -0.4 is 9.47 Å². The predicted octanol–water partition coefficient (Wildman–Crippen LogP) is 16.8. The Labute approximate surface area is 376 Å². The minimum absolute atomic E-state index is 0. The summed E-state index contributed by atoms with van der Waals surface area (Å²) < 4.78 is 22.9. The number of rotatable bonds is 43. The molecule has 0 unspecified atom stereocenters. The van der Waals surface area contributed by atoms with E-state index in [1.54, 1.807) is 6.08 Å². The summed E-state index contributed by atoms with van der Waals surface area (Å²) in [4.78, 5) is 24.4. The standard InChI is InChI=1S/C54H88O6.CH4/c1-4-7-9-11-13-15-17-19-21-23-25-27-29-31-33-37-45-59-53(55)41-35-39-43-57-51-47-50(6-3)48-52(49-51)58-44-40-36-42-54(56)60-46-38-34-32-30-28-26-24-22-20-18-16-14-12-10-8-5-2;/h6,13-16,19-22,47-49H,3-5,7-12,17-18,23-46H2,1-2H3;1H4/b15-13-,16-14-,21-19-,22-20-;. The molecule has 1 aromatic carbocycles. The lowest BCUT2D eigenvalue weighted by molar-refractivity contribution is -0.144. The second-order valence-electron chi connectivity index (χ2n) is 16.2. The first kappa shape index (κ1) is 57.5. The van der Waals surface area contributed by atoms with Gasteiger partial charge in [-0.1, -0.05) is 160 Å². The lowest BCUT2D eigenvalue weighted by atomic mass is 10.1. The highest BCUT2D eigenvalue weighted by Gasteiger charge is 2.07. The predicted molar refractivity (Wildman–Crippen MR) is 263 cm³/mol. The topological polar surface area (TPSA) is 71.1 Å². The molecule has 1 aromatic rings. The SMILES string of the molecule is C.C=Cc1cc(OCCCCC(=O)OCCCCCCCC/C=C\C/C=C\CCCCC)cc(OCCCCC(=O)OCCCCCCCC/C=C\C/C=C\CCCCC)c1. The number of carbonyl (C=O) groups excluding carboxylic acids is 2. The lowest BCUT2D eigenvalue weighted by Gasteiger charge is -2.11. The van der Waals surface area contributed by atoms with Crippen molar-refractivity contribution in [2.75, 3.05) is 26.4 Å². The zero-order valence-electron chi connectivity index (χ0n) is 38.6. The first-order chi connectivity index (χ1) is 29.6. The number of benzene rings is 1. The van der Waals surface area contributed by atoms with Crippen LogP contribution in [-0.2, 0) is 19.1 Å². The molecule has 0 spiro atoms. The minimum atomic E-state index is -0.123. The molecular weight excluding hydrogens is 757 g/mol. The van der Waals surface area contributed by atoms with E-state index in [2.05, 4.69) is 69.0 Å².